The molecule has 6 nitrogen and oxygen atoms in total. The lowest BCUT2D eigenvalue weighted by molar-refractivity contribution is 0.355. The van der Waals surface area contributed by atoms with Gasteiger partial charge in [-0.25, -0.2) is 8.42 Å². The van der Waals surface area contributed by atoms with Gasteiger partial charge in [-0.1, -0.05) is 35.5 Å². The number of ether oxygens (including phenoxy) is 2. The van der Waals surface area contributed by atoms with Crippen LogP contribution in [0.4, 0.5) is 5.69 Å². The van der Waals surface area contributed by atoms with Gasteiger partial charge in [0, 0.05) is 22.5 Å². The van der Waals surface area contributed by atoms with Gasteiger partial charge >= 0.3 is 0 Å². The lowest BCUT2D eigenvalue weighted by atomic mass is 10.1. The topological polar surface area (TPSA) is 68.2 Å². The highest BCUT2D eigenvalue weighted by Gasteiger charge is 2.47. The molecule has 0 aliphatic carbocycles. The van der Waals surface area contributed by atoms with Crippen molar-refractivity contribution in [2.24, 2.45) is 4.99 Å². The number of anilines is 1. The van der Waals surface area contributed by atoms with Crippen LogP contribution in [0.5, 0.6) is 11.5 Å². The first-order valence-corrected chi connectivity index (χ1v) is 12.3. The van der Waals surface area contributed by atoms with Crippen molar-refractivity contribution in [1.82, 2.24) is 0 Å². The average Bonchev–Trinajstić information content (AvgIpc) is 3.16. The van der Waals surface area contributed by atoms with Crippen molar-refractivity contribution in [1.29, 1.82) is 0 Å². The summed E-state index contributed by atoms with van der Waals surface area (Å²) in [7, 11) is 0.0622. The standard InChI is InChI=1S/C20H21ClN2O4S2/c1-26-18-7-6-15(9-19(18)27-2)23-17-12-29(24,25)11-16(17)22-20(23)28-10-13-4-3-5-14(21)8-13/h3-9,16-17H,10-12H2,1-2H3/t16-,17+/m0/s1. The summed E-state index contributed by atoms with van der Waals surface area (Å²) in [5.74, 6) is 2.08. The van der Waals surface area contributed by atoms with Crippen molar-refractivity contribution in [2.75, 3.05) is 30.6 Å². The third kappa shape index (κ3) is 4.20. The van der Waals surface area contributed by atoms with Crippen molar-refractivity contribution >= 4 is 44.1 Å². The van der Waals surface area contributed by atoms with E-state index in [1.54, 1.807) is 26.0 Å². The molecule has 0 unspecified atom stereocenters. The predicted molar refractivity (Wildman–Crippen MR) is 118 cm³/mol. The number of rotatable bonds is 5. The second-order valence-corrected chi connectivity index (χ2v) is 10.5. The molecule has 4 rings (SSSR count). The fourth-order valence-electron chi connectivity index (χ4n) is 3.68. The van der Waals surface area contributed by atoms with Crippen LogP contribution in [0.2, 0.25) is 5.02 Å². The number of hydrogen-bond acceptors (Lipinski definition) is 7. The van der Waals surface area contributed by atoms with Gasteiger partial charge in [0.2, 0.25) is 0 Å². The van der Waals surface area contributed by atoms with E-state index >= 15 is 0 Å². The fourth-order valence-corrected chi connectivity index (χ4v) is 6.81. The maximum Gasteiger partial charge on any atom is 0.164 e. The molecule has 0 spiro atoms. The summed E-state index contributed by atoms with van der Waals surface area (Å²) in [6, 6.07) is 12.8. The van der Waals surface area contributed by atoms with E-state index in [1.165, 1.54) is 0 Å². The number of aliphatic imine (C=N–C) groups is 1. The van der Waals surface area contributed by atoms with Crippen molar-refractivity contribution in [3.63, 3.8) is 0 Å². The molecule has 2 heterocycles. The first-order chi connectivity index (χ1) is 13.9. The molecule has 2 aromatic carbocycles. The number of halogens is 1. The Labute approximate surface area is 179 Å². The van der Waals surface area contributed by atoms with Crippen molar-refractivity contribution in [2.45, 2.75) is 17.8 Å². The second kappa shape index (κ2) is 8.08. The zero-order chi connectivity index (χ0) is 20.6. The number of benzene rings is 2. The Kier molecular flexibility index (Phi) is 5.68. The van der Waals surface area contributed by atoms with E-state index in [4.69, 9.17) is 26.1 Å². The zero-order valence-corrected chi connectivity index (χ0v) is 18.4. The fraction of sp³-hybridized carbons (Fsp3) is 0.350. The first kappa shape index (κ1) is 20.4. The zero-order valence-electron chi connectivity index (χ0n) is 16.0. The van der Waals surface area contributed by atoms with E-state index in [2.05, 4.69) is 0 Å². The van der Waals surface area contributed by atoms with Crippen molar-refractivity contribution in [3.8, 4) is 11.5 Å². The van der Waals surface area contributed by atoms with Gasteiger partial charge in [-0.3, -0.25) is 4.99 Å². The van der Waals surface area contributed by atoms with E-state index < -0.39 is 9.84 Å². The van der Waals surface area contributed by atoms with Crippen LogP contribution in [0.1, 0.15) is 5.56 Å². The van der Waals surface area contributed by atoms with Crippen LogP contribution in [0.25, 0.3) is 0 Å². The quantitative estimate of drug-likeness (QED) is 0.690. The van der Waals surface area contributed by atoms with E-state index in [1.807, 2.05) is 47.4 Å². The molecule has 2 aliphatic heterocycles. The second-order valence-electron chi connectivity index (χ2n) is 6.95. The van der Waals surface area contributed by atoms with Gasteiger partial charge in [0.1, 0.15) is 0 Å². The van der Waals surface area contributed by atoms with Crippen molar-refractivity contribution in [3.05, 3.63) is 53.1 Å². The van der Waals surface area contributed by atoms with E-state index in [-0.39, 0.29) is 23.6 Å². The van der Waals surface area contributed by atoms with Crippen LogP contribution in [-0.4, -0.2) is 51.4 Å². The molecule has 9 heteroatoms. The molecular weight excluding hydrogens is 432 g/mol. The molecule has 1 saturated heterocycles. The molecule has 1 fully saturated rings. The summed E-state index contributed by atoms with van der Waals surface area (Å²) in [5.41, 5.74) is 1.92. The highest BCUT2D eigenvalue weighted by atomic mass is 35.5. The van der Waals surface area contributed by atoms with Gasteiger partial charge in [0.25, 0.3) is 0 Å². The number of sulfone groups is 1. The SMILES string of the molecule is COc1ccc(N2C(SCc3cccc(Cl)c3)=N[C@H]3CS(=O)(=O)C[C@H]32)cc1OC. The number of thioether (sulfide) groups is 1. The summed E-state index contributed by atoms with van der Waals surface area (Å²) in [6.07, 6.45) is 0. The Balaban J connectivity index is 1.65. The highest BCUT2D eigenvalue weighted by Crippen LogP contribution is 2.39. The van der Waals surface area contributed by atoms with Crippen LogP contribution >= 0.6 is 23.4 Å². The monoisotopic (exact) mass is 452 g/mol. The number of nitrogens with zero attached hydrogens (tertiary/aromatic N) is 2. The largest absolute Gasteiger partial charge is 0.493 e. The molecule has 2 aromatic rings. The van der Waals surface area contributed by atoms with Crippen molar-refractivity contribution < 1.29 is 17.9 Å². The van der Waals surface area contributed by atoms with Crippen LogP contribution < -0.4 is 14.4 Å². The number of methoxy groups -OCH3 is 2. The van der Waals surface area contributed by atoms with Crippen LogP contribution in [0.3, 0.4) is 0 Å². The molecule has 0 aromatic heterocycles. The molecule has 0 amide bonds. The summed E-state index contributed by atoms with van der Waals surface area (Å²) in [6.45, 7) is 0. The van der Waals surface area contributed by atoms with Gasteiger partial charge in [-0.15, -0.1) is 0 Å². The minimum absolute atomic E-state index is 0.0860. The Morgan fingerprint density at radius 2 is 1.93 bits per heavy atom. The minimum atomic E-state index is -3.10. The predicted octanol–water partition coefficient (Wildman–Crippen LogP) is 3.63. The van der Waals surface area contributed by atoms with Crippen LogP contribution in [-0.2, 0) is 15.6 Å². The Hall–Kier alpha value is -1.90. The Morgan fingerprint density at radius 1 is 1.14 bits per heavy atom. The smallest absolute Gasteiger partial charge is 0.164 e. The average molecular weight is 453 g/mol. The normalized spacial score (nSPS) is 22.3. The van der Waals surface area contributed by atoms with Gasteiger partial charge < -0.3 is 14.4 Å². The van der Waals surface area contributed by atoms with E-state index in [0.717, 1.165) is 16.4 Å². The Morgan fingerprint density at radius 3 is 2.66 bits per heavy atom. The minimum Gasteiger partial charge on any atom is -0.493 e. The molecule has 0 saturated carbocycles. The third-order valence-electron chi connectivity index (χ3n) is 5.01. The molecule has 2 aliphatic rings. The van der Waals surface area contributed by atoms with Gasteiger partial charge in [-0.05, 0) is 29.8 Å². The van der Waals surface area contributed by atoms with Crippen LogP contribution in [0, 0.1) is 0 Å². The number of amidine groups is 1. The van der Waals surface area contributed by atoms with Gasteiger partial charge in [-0.2, -0.15) is 0 Å². The summed E-state index contributed by atoms with van der Waals surface area (Å²) in [5, 5.41) is 1.50. The maximum atomic E-state index is 12.2. The lowest BCUT2D eigenvalue weighted by Crippen LogP contribution is -2.39. The number of hydrogen-bond donors (Lipinski definition) is 0. The molecule has 0 bridgehead atoms. The van der Waals surface area contributed by atoms with Gasteiger partial charge in [0.05, 0.1) is 37.8 Å². The maximum absolute atomic E-state index is 12.2. The third-order valence-corrected chi connectivity index (χ3v) is 7.98. The molecule has 0 N–H and O–H groups in total. The summed E-state index contributed by atoms with van der Waals surface area (Å²) >= 11 is 7.67. The van der Waals surface area contributed by atoms with Crippen LogP contribution in [0.15, 0.2) is 47.5 Å². The molecular formula is C20H21ClN2O4S2. The Bertz CT molecular complexity index is 1060. The van der Waals surface area contributed by atoms with E-state index in [9.17, 15) is 8.42 Å². The van der Waals surface area contributed by atoms with E-state index in [0.29, 0.717) is 22.3 Å². The summed E-state index contributed by atoms with van der Waals surface area (Å²) < 4.78 is 35.2. The van der Waals surface area contributed by atoms with Gasteiger partial charge in [0.15, 0.2) is 26.5 Å². The molecule has 2 atom stereocenters. The lowest BCUT2D eigenvalue weighted by Gasteiger charge is -2.27. The highest BCUT2D eigenvalue weighted by molar-refractivity contribution is 8.13. The number of fused-ring (bicyclic) bond motifs is 1. The first-order valence-electron chi connectivity index (χ1n) is 9.07. The molecule has 154 valence electrons. The molecule has 29 heavy (non-hydrogen) atoms. The molecule has 0 radical (unpaired) electrons. The summed E-state index contributed by atoms with van der Waals surface area (Å²) in [4.78, 5) is 6.78.